The van der Waals surface area contributed by atoms with Crippen LogP contribution >= 0.6 is 34.5 Å². The van der Waals surface area contributed by atoms with E-state index >= 15 is 0 Å². The molecular formula is C21H18Cl2F4N4O2S. The minimum atomic E-state index is -4.59. The van der Waals surface area contributed by atoms with Gasteiger partial charge in [-0.3, -0.25) is 0 Å². The van der Waals surface area contributed by atoms with Gasteiger partial charge >= 0.3 is 6.18 Å². The standard InChI is InChI=1S/C21H18Cl2F4N4O2S/c1-10(6-31-7-12(21(25,26)27)3-15(22)11(31)2)19-29-30-20(34-19)14-4-17(24)18(5-16(14)23)33-9-13(28)8-32/h3-7,13,32H,2,8-9,28H2,1H3/b10-6+. The first kappa shape index (κ1) is 26.2. The molecule has 1 aromatic heterocycles. The van der Waals surface area contributed by atoms with Crippen LogP contribution in [0.15, 0.2) is 53.5 Å². The molecule has 0 fully saturated rings. The maximum absolute atomic E-state index is 14.5. The third kappa shape index (κ3) is 5.97. The van der Waals surface area contributed by atoms with Crippen molar-refractivity contribution in [2.75, 3.05) is 13.2 Å². The molecular weight excluding hydrogens is 519 g/mol. The summed E-state index contributed by atoms with van der Waals surface area (Å²) in [5, 5.41) is 17.6. The molecule has 1 unspecified atom stereocenters. The number of hydrogen-bond donors (Lipinski definition) is 2. The Kier molecular flexibility index (Phi) is 8.04. The molecule has 34 heavy (non-hydrogen) atoms. The summed E-state index contributed by atoms with van der Waals surface area (Å²) in [6.45, 7) is 4.88. The number of allylic oxidation sites excluding steroid dienone is 4. The summed E-state index contributed by atoms with van der Waals surface area (Å²) in [4.78, 5) is 1.15. The fourth-order valence-electron chi connectivity index (χ4n) is 2.69. The Morgan fingerprint density at radius 3 is 2.71 bits per heavy atom. The Bertz CT molecular complexity index is 1190. The van der Waals surface area contributed by atoms with Gasteiger partial charge in [0.1, 0.15) is 16.6 Å². The molecule has 1 aliphatic heterocycles. The molecule has 2 heterocycles. The Morgan fingerprint density at radius 1 is 1.35 bits per heavy atom. The lowest BCUT2D eigenvalue weighted by atomic mass is 10.1. The van der Waals surface area contributed by atoms with Gasteiger partial charge in [0.15, 0.2) is 11.6 Å². The summed E-state index contributed by atoms with van der Waals surface area (Å²) in [6, 6.07) is 1.71. The molecule has 182 valence electrons. The number of ether oxygens (including phenoxy) is 1. The van der Waals surface area contributed by atoms with Crippen LogP contribution in [0.3, 0.4) is 0 Å². The summed E-state index contributed by atoms with van der Waals surface area (Å²) in [6.07, 6.45) is -1.53. The maximum atomic E-state index is 14.5. The molecule has 0 aliphatic carbocycles. The number of halogens is 6. The van der Waals surface area contributed by atoms with Crippen LogP contribution in [0.25, 0.3) is 16.1 Å². The van der Waals surface area contributed by atoms with Crippen molar-refractivity contribution in [3.8, 4) is 16.3 Å². The molecule has 1 aromatic carbocycles. The Morgan fingerprint density at radius 2 is 2.06 bits per heavy atom. The molecule has 3 rings (SSSR count). The van der Waals surface area contributed by atoms with Gasteiger partial charge in [0.05, 0.1) is 34.0 Å². The fourth-order valence-corrected chi connectivity index (χ4v) is 4.04. The van der Waals surface area contributed by atoms with Crippen molar-refractivity contribution in [1.29, 1.82) is 0 Å². The lowest BCUT2D eigenvalue weighted by Gasteiger charge is -2.25. The number of alkyl halides is 3. The number of aliphatic hydroxyl groups excluding tert-OH is 1. The quantitative estimate of drug-likeness (QED) is 0.457. The molecule has 0 amide bonds. The van der Waals surface area contributed by atoms with Crippen LogP contribution in [-0.2, 0) is 0 Å². The molecule has 3 N–H and O–H groups in total. The van der Waals surface area contributed by atoms with Gasteiger partial charge in [-0.05, 0) is 19.1 Å². The Balaban J connectivity index is 1.85. The zero-order valence-electron chi connectivity index (χ0n) is 17.5. The smallest absolute Gasteiger partial charge is 0.417 e. The van der Waals surface area contributed by atoms with E-state index < -0.39 is 23.6 Å². The highest BCUT2D eigenvalue weighted by molar-refractivity contribution is 7.15. The van der Waals surface area contributed by atoms with Crippen molar-refractivity contribution in [2.45, 2.75) is 19.1 Å². The number of nitrogens with zero attached hydrogens (tertiary/aromatic N) is 3. The zero-order chi connectivity index (χ0) is 25.2. The predicted molar refractivity (Wildman–Crippen MR) is 124 cm³/mol. The molecule has 0 spiro atoms. The maximum Gasteiger partial charge on any atom is 0.417 e. The lowest BCUT2D eigenvalue weighted by Crippen LogP contribution is -2.31. The van der Waals surface area contributed by atoms with Gasteiger partial charge in [0, 0.05) is 29.6 Å². The summed E-state index contributed by atoms with van der Waals surface area (Å²) < 4.78 is 59.1. The van der Waals surface area contributed by atoms with Gasteiger partial charge in [0.25, 0.3) is 0 Å². The van der Waals surface area contributed by atoms with E-state index in [1.54, 1.807) is 6.92 Å². The van der Waals surface area contributed by atoms with E-state index in [1.165, 1.54) is 12.3 Å². The number of nitrogens with two attached hydrogens (primary N) is 1. The number of hydrogen-bond acceptors (Lipinski definition) is 7. The van der Waals surface area contributed by atoms with Crippen molar-refractivity contribution in [3.63, 3.8) is 0 Å². The highest BCUT2D eigenvalue weighted by Crippen LogP contribution is 2.38. The highest BCUT2D eigenvalue weighted by atomic mass is 35.5. The number of benzene rings is 1. The van der Waals surface area contributed by atoms with E-state index in [1.807, 2.05) is 0 Å². The largest absolute Gasteiger partial charge is 0.489 e. The van der Waals surface area contributed by atoms with E-state index in [4.69, 9.17) is 38.8 Å². The fraction of sp³-hybridized carbons (Fsp3) is 0.238. The first-order chi connectivity index (χ1) is 15.9. The average Bonchev–Trinajstić information content (AvgIpc) is 3.26. The van der Waals surface area contributed by atoms with Crippen LogP contribution in [0.4, 0.5) is 17.6 Å². The monoisotopic (exact) mass is 536 g/mol. The van der Waals surface area contributed by atoms with Crippen molar-refractivity contribution in [2.24, 2.45) is 5.73 Å². The van der Waals surface area contributed by atoms with Gasteiger partial charge in [-0.25, -0.2) is 4.39 Å². The minimum Gasteiger partial charge on any atom is -0.489 e. The molecule has 2 aromatic rings. The lowest BCUT2D eigenvalue weighted by molar-refractivity contribution is -0.0892. The van der Waals surface area contributed by atoms with Crippen LogP contribution in [-0.4, -0.2) is 45.6 Å². The SMILES string of the molecule is C=C1C(Cl)=CC(C(F)(F)F)=CN1/C=C(\C)c1nnc(-c2cc(F)c(OCC(N)CO)cc2Cl)s1. The van der Waals surface area contributed by atoms with Crippen LogP contribution in [0.1, 0.15) is 11.9 Å². The third-order valence-corrected chi connectivity index (χ3v) is 6.24. The van der Waals surface area contributed by atoms with Gasteiger partial charge in [-0.2, -0.15) is 13.2 Å². The van der Waals surface area contributed by atoms with E-state index in [0.717, 1.165) is 34.6 Å². The van der Waals surface area contributed by atoms with Crippen LogP contribution in [0.2, 0.25) is 5.02 Å². The van der Waals surface area contributed by atoms with Crippen molar-refractivity contribution in [3.05, 3.63) is 69.3 Å². The molecule has 6 nitrogen and oxygen atoms in total. The van der Waals surface area contributed by atoms with Crippen molar-refractivity contribution < 1.29 is 27.4 Å². The van der Waals surface area contributed by atoms with E-state index in [0.29, 0.717) is 10.6 Å². The summed E-state index contributed by atoms with van der Waals surface area (Å²) in [5.74, 6) is -0.858. The summed E-state index contributed by atoms with van der Waals surface area (Å²) >= 11 is 13.2. The van der Waals surface area contributed by atoms with Crippen LogP contribution in [0, 0.1) is 5.82 Å². The van der Waals surface area contributed by atoms with E-state index in [-0.39, 0.29) is 45.3 Å². The van der Waals surface area contributed by atoms with Crippen molar-refractivity contribution in [1.82, 2.24) is 15.1 Å². The molecule has 1 aliphatic rings. The van der Waals surface area contributed by atoms with Crippen molar-refractivity contribution >= 4 is 40.1 Å². The van der Waals surface area contributed by atoms with Gasteiger partial charge in [-0.15, -0.1) is 10.2 Å². The average molecular weight is 537 g/mol. The first-order valence-corrected chi connectivity index (χ1v) is 11.1. The first-order valence-electron chi connectivity index (χ1n) is 9.55. The second kappa shape index (κ2) is 10.4. The normalized spacial score (nSPS) is 15.9. The molecule has 0 radical (unpaired) electrons. The second-order valence-electron chi connectivity index (χ2n) is 7.17. The van der Waals surface area contributed by atoms with Gasteiger partial charge in [0.2, 0.25) is 0 Å². The molecule has 0 bridgehead atoms. The molecule has 0 saturated heterocycles. The van der Waals surface area contributed by atoms with Crippen LogP contribution < -0.4 is 10.5 Å². The second-order valence-corrected chi connectivity index (χ2v) is 8.96. The van der Waals surface area contributed by atoms with Crippen LogP contribution in [0.5, 0.6) is 5.75 Å². The highest BCUT2D eigenvalue weighted by Gasteiger charge is 2.35. The van der Waals surface area contributed by atoms with E-state index in [9.17, 15) is 17.6 Å². The molecule has 0 saturated carbocycles. The number of aliphatic hydroxyl groups is 1. The zero-order valence-corrected chi connectivity index (χ0v) is 19.9. The van der Waals surface area contributed by atoms with Gasteiger partial charge < -0.3 is 20.5 Å². The van der Waals surface area contributed by atoms with Gasteiger partial charge in [-0.1, -0.05) is 41.1 Å². The number of rotatable bonds is 7. The molecule has 1 atom stereocenters. The topological polar surface area (TPSA) is 84.5 Å². The summed E-state index contributed by atoms with van der Waals surface area (Å²) in [5.41, 5.74) is 5.48. The minimum absolute atomic E-state index is 0.110. The Hall–Kier alpha value is -2.44. The molecule has 13 heteroatoms. The Labute approximate surface area is 206 Å². The number of aromatic nitrogens is 2. The predicted octanol–water partition coefficient (Wildman–Crippen LogP) is 5.46. The third-order valence-electron chi connectivity index (χ3n) is 4.51. The van der Waals surface area contributed by atoms with E-state index in [2.05, 4.69) is 16.8 Å². The summed E-state index contributed by atoms with van der Waals surface area (Å²) in [7, 11) is 0.